The first-order valence-corrected chi connectivity index (χ1v) is 9.10. The zero-order chi connectivity index (χ0) is 19.0. The summed E-state index contributed by atoms with van der Waals surface area (Å²) in [6.07, 6.45) is 4.58. The number of fused-ring (bicyclic) bond motifs is 2. The van der Waals surface area contributed by atoms with Crippen molar-refractivity contribution < 1.29 is 9.53 Å². The van der Waals surface area contributed by atoms with Gasteiger partial charge in [-0.1, -0.05) is 19.1 Å². The lowest BCUT2D eigenvalue weighted by Gasteiger charge is -2.20. The molecule has 0 saturated heterocycles. The fourth-order valence-electron chi connectivity index (χ4n) is 3.60. The van der Waals surface area contributed by atoms with E-state index in [0.29, 0.717) is 29.1 Å². The second kappa shape index (κ2) is 6.95. The standard InChI is InChI=1S/C21H21N3O3/c1-13-3-8-18-16(9-13)10-17-19(23-18)22-12-24(20(17)25)11-14-4-6-15(7-5-14)21(26)27-2/h4-7,10,12-13H,3,8-9,11H2,1-2H3/t13-/m1/s1. The topological polar surface area (TPSA) is 74.1 Å². The third-order valence-corrected chi connectivity index (χ3v) is 5.15. The van der Waals surface area contributed by atoms with E-state index in [1.165, 1.54) is 12.7 Å². The Morgan fingerprint density at radius 2 is 2.07 bits per heavy atom. The maximum absolute atomic E-state index is 12.9. The van der Waals surface area contributed by atoms with Gasteiger partial charge in [-0.05, 0) is 54.5 Å². The molecule has 0 N–H and O–H groups in total. The molecule has 0 fully saturated rings. The van der Waals surface area contributed by atoms with Gasteiger partial charge < -0.3 is 4.74 Å². The van der Waals surface area contributed by atoms with Crippen molar-refractivity contribution in [3.8, 4) is 0 Å². The van der Waals surface area contributed by atoms with Crippen LogP contribution in [0.3, 0.4) is 0 Å². The number of rotatable bonds is 3. The van der Waals surface area contributed by atoms with Crippen molar-refractivity contribution in [1.29, 1.82) is 0 Å². The first kappa shape index (κ1) is 17.4. The summed E-state index contributed by atoms with van der Waals surface area (Å²) < 4.78 is 6.28. The SMILES string of the molecule is COC(=O)c1ccc(Cn2cnc3nc4c(cc3c2=O)C[C@H](C)CC4)cc1. The molecular formula is C21H21N3O3. The Kier molecular flexibility index (Phi) is 4.48. The summed E-state index contributed by atoms with van der Waals surface area (Å²) in [6, 6.07) is 8.99. The number of nitrogens with zero attached hydrogens (tertiary/aromatic N) is 3. The highest BCUT2D eigenvalue weighted by Crippen LogP contribution is 2.25. The highest BCUT2D eigenvalue weighted by molar-refractivity contribution is 5.89. The molecule has 0 spiro atoms. The average molecular weight is 363 g/mol. The lowest BCUT2D eigenvalue weighted by atomic mass is 9.87. The van der Waals surface area contributed by atoms with Crippen molar-refractivity contribution >= 4 is 17.0 Å². The van der Waals surface area contributed by atoms with Crippen LogP contribution < -0.4 is 5.56 Å². The smallest absolute Gasteiger partial charge is 0.337 e. The summed E-state index contributed by atoms with van der Waals surface area (Å²) in [5.74, 6) is 0.236. The van der Waals surface area contributed by atoms with Crippen molar-refractivity contribution in [2.75, 3.05) is 7.11 Å². The fourth-order valence-corrected chi connectivity index (χ4v) is 3.60. The molecule has 0 aliphatic heterocycles. The Labute approximate surface area is 156 Å². The molecule has 1 atom stereocenters. The normalized spacial score (nSPS) is 16.1. The van der Waals surface area contributed by atoms with Crippen LogP contribution in [0, 0.1) is 5.92 Å². The Bertz CT molecular complexity index is 1070. The number of carbonyl (C=O) groups excluding carboxylic acids is 1. The van der Waals surface area contributed by atoms with Gasteiger partial charge in [0, 0.05) is 5.69 Å². The van der Waals surface area contributed by atoms with Gasteiger partial charge in [-0.3, -0.25) is 9.36 Å². The van der Waals surface area contributed by atoms with E-state index in [1.807, 2.05) is 18.2 Å². The molecule has 0 bridgehead atoms. The monoisotopic (exact) mass is 363 g/mol. The summed E-state index contributed by atoms with van der Waals surface area (Å²) in [7, 11) is 1.35. The molecule has 1 aromatic carbocycles. The van der Waals surface area contributed by atoms with Gasteiger partial charge in [0.15, 0.2) is 5.65 Å². The summed E-state index contributed by atoms with van der Waals surface area (Å²) in [5.41, 5.74) is 4.06. The number of carbonyl (C=O) groups is 1. The van der Waals surface area contributed by atoms with Crippen molar-refractivity contribution in [3.63, 3.8) is 0 Å². The number of hydrogen-bond acceptors (Lipinski definition) is 5. The van der Waals surface area contributed by atoms with E-state index < -0.39 is 0 Å². The zero-order valence-corrected chi connectivity index (χ0v) is 15.4. The number of benzene rings is 1. The zero-order valence-electron chi connectivity index (χ0n) is 15.4. The lowest BCUT2D eigenvalue weighted by molar-refractivity contribution is 0.0600. The lowest BCUT2D eigenvalue weighted by Crippen LogP contribution is -2.23. The van der Waals surface area contributed by atoms with Crippen molar-refractivity contribution in [1.82, 2.24) is 14.5 Å². The Balaban J connectivity index is 1.67. The Morgan fingerprint density at radius 3 is 2.81 bits per heavy atom. The van der Waals surface area contributed by atoms with Crippen LogP contribution in [-0.2, 0) is 24.1 Å². The maximum Gasteiger partial charge on any atom is 0.337 e. The molecule has 0 saturated carbocycles. The summed E-state index contributed by atoms with van der Waals surface area (Å²) in [5, 5.41) is 0.566. The van der Waals surface area contributed by atoms with E-state index in [4.69, 9.17) is 4.74 Å². The van der Waals surface area contributed by atoms with E-state index in [-0.39, 0.29) is 11.5 Å². The molecule has 0 unspecified atom stereocenters. The minimum Gasteiger partial charge on any atom is -0.465 e. The predicted molar refractivity (Wildman–Crippen MR) is 102 cm³/mol. The van der Waals surface area contributed by atoms with E-state index >= 15 is 0 Å². The molecule has 0 radical (unpaired) electrons. The number of pyridine rings is 1. The first-order valence-electron chi connectivity index (χ1n) is 9.10. The van der Waals surface area contributed by atoms with Gasteiger partial charge in [-0.15, -0.1) is 0 Å². The largest absolute Gasteiger partial charge is 0.465 e. The van der Waals surface area contributed by atoms with Crippen molar-refractivity contribution in [2.24, 2.45) is 5.92 Å². The number of aromatic nitrogens is 3. The second-order valence-corrected chi connectivity index (χ2v) is 7.18. The minimum absolute atomic E-state index is 0.0921. The predicted octanol–water partition coefficient (Wildman–Crippen LogP) is 2.75. The van der Waals surface area contributed by atoms with Crippen LogP contribution in [0.1, 0.15) is 40.5 Å². The molecule has 6 heteroatoms. The van der Waals surface area contributed by atoms with Crippen LogP contribution in [0.2, 0.25) is 0 Å². The molecule has 1 aliphatic rings. The second-order valence-electron chi connectivity index (χ2n) is 7.18. The molecule has 1 aliphatic carbocycles. The Morgan fingerprint density at radius 1 is 1.30 bits per heavy atom. The van der Waals surface area contributed by atoms with Gasteiger partial charge in [-0.2, -0.15) is 0 Å². The van der Waals surface area contributed by atoms with Gasteiger partial charge in [0.2, 0.25) is 0 Å². The van der Waals surface area contributed by atoms with Gasteiger partial charge in [0.25, 0.3) is 5.56 Å². The Hall–Kier alpha value is -3.02. The quantitative estimate of drug-likeness (QED) is 0.669. The van der Waals surface area contributed by atoms with Gasteiger partial charge >= 0.3 is 5.97 Å². The van der Waals surface area contributed by atoms with Gasteiger partial charge in [0.1, 0.15) is 6.33 Å². The van der Waals surface area contributed by atoms with E-state index in [9.17, 15) is 9.59 Å². The summed E-state index contributed by atoms with van der Waals surface area (Å²) in [6.45, 7) is 2.61. The number of aryl methyl sites for hydroxylation is 1. The number of esters is 1. The van der Waals surface area contributed by atoms with Crippen LogP contribution in [0.25, 0.3) is 11.0 Å². The summed E-state index contributed by atoms with van der Waals surface area (Å²) >= 11 is 0. The molecule has 4 rings (SSSR count). The van der Waals surface area contributed by atoms with Crippen LogP contribution in [0.4, 0.5) is 0 Å². The molecule has 2 aromatic heterocycles. The van der Waals surface area contributed by atoms with Crippen molar-refractivity contribution in [3.05, 3.63) is 69.4 Å². The molecule has 27 heavy (non-hydrogen) atoms. The molecule has 0 amide bonds. The number of methoxy groups -OCH3 is 1. The van der Waals surface area contributed by atoms with Crippen LogP contribution in [0.5, 0.6) is 0 Å². The molecule has 138 valence electrons. The first-order chi connectivity index (χ1) is 13.0. The van der Waals surface area contributed by atoms with E-state index in [1.54, 1.807) is 23.0 Å². The van der Waals surface area contributed by atoms with Gasteiger partial charge in [0.05, 0.1) is 24.6 Å². The van der Waals surface area contributed by atoms with Crippen LogP contribution in [-0.4, -0.2) is 27.6 Å². The van der Waals surface area contributed by atoms with Crippen molar-refractivity contribution in [2.45, 2.75) is 32.7 Å². The molecule has 3 aromatic rings. The summed E-state index contributed by atoms with van der Waals surface area (Å²) in [4.78, 5) is 33.5. The van der Waals surface area contributed by atoms with Crippen LogP contribution in [0.15, 0.2) is 41.5 Å². The van der Waals surface area contributed by atoms with Gasteiger partial charge in [-0.25, -0.2) is 14.8 Å². The fraction of sp³-hybridized carbons (Fsp3) is 0.333. The minimum atomic E-state index is -0.379. The highest BCUT2D eigenvalue weighted by atomic mass is 16.5. The number of hydrogen-bond donors (Lipinski definition) is 0. The molecular weight excluding hydrogens is 342 g/mol. The third-order valence-electron chi connectivity index (χ3n) is 5.15. The highest BCUT2D eigenvalue weighted by Gasteiger charge is 2.18. The number of ether oxygens (including phenoxy) is 1. The molecule has 6 nitrogen and oxygen atoms in total. The third kappa shape index (κ3) is 3.35. The maximum atomic E-state index is 12.9. The van der Waals surface area contributed by atoms with E-state index in [2.05, 4.69) is 16.9 Å². The molecule has 2 heterocycles. The average Bonchev–Trinajstić information content (AvgIpc) is 2.69. The van der Waals surface area contributed by atoms with E-state index in [0.717, 1.165) is 30.5 Å². The van der Waals surface area contributed by atoms with Crippen LogP contribution >= 0.6 is 0 Å².